The Morgan fingerprint density at radius 3 is 2.43 bits per heavy atom. The molecule has 0 spiro atoms. The van der Waals surface area contributed by atoms with Crippen LogP contribution >= 0.6 is 0 Å². The first kappa shape index (κ1) is 22.2. The molecule has 0 saturated heterocycles. The van der Waals surface area contributed by atoms with Crippen molar-refractivity contribution in [1.29, 1.82) is 5.26 Å². The van der Waals surface area contributed by atoms with E-state index in [0.717, 1.165) is 0 Å². The van der Waals surface area contributed by atoms with E-state index < -0.39 is 22.8 Å². The van der Waals surface area contributed by atoms with Crippen molar-refractivity contribution < 1.29 is 28.7 Å². The van der Waals surface area contributed by atoms with E-state index in [-0.39, 0.29) is 47.3 Å². The van der Waals surface area contributed by atoms with Crippen molar-refractivity contribution in [2.24, 2.45) is 5.73 Å². The molecule has 0 saturated carbocycles. The molecule has 0 aromatic heterocycles. The lowest BCUT2D eigenvalue weighted by molar-refractivity contribution is -0.384. The minimum absolute atomic E-state index is 0.0147. The van der Waals surface area contributed by atoms with Crippen molar-refractivity contribution in [3.05, 3.63) is 74.9 Å². The Bertz CT molecular complexity index is 1000. The number of carbonyl (C=O) groups excluding carboxylic acids is 2. The molecule has 1 aromatic carbocycles. The van der Waals surface area contributed by atoms with E-state index in [4.69, 9.17) is 19.9 Å². The van der Waals surface area contributed by atoms with E-state index in [0.29, 0.717) is 5.56 Å². The molecule has 0 unspecified atom stereocenters. The van der Waals surface area contributed by atoms with E-state index in [1.165, 1.54) is 38.1 Å². The maximum Gasteiger partial charge on any atom is 0.338 e. The van der Waals surface area contributed by atoms with Gasteiger partial charge in [0.1, 0.15) is 30.6 Å². The van der Waals surface area contributed by atoms with Crippen LogP contribution < -0.4 is 5.73 Å². The Hall–Kier alpha value is -4.13. The fourth-order valence-corrected chi connectivity index (χ4v) is 2.74. The molecule has 0 bridgehead atoms. The van der Waals surface area contributed by atoms with Gasteiger partial charge in [-0.05, 0) is 19.4 Å². The molecule has 10 heteroatoms. The molecule has 156 valence electrons. The van der Waals surface area contributed by atoms with Crippen molar-refractivity contribution in [3.8, 4) is 6.07 Å². The summed E-state index contributed by atoms with van der Waals surface area (Å²) in [6.07, 6.45) is 0. The predicted molar refractivity (Wildman–Crippen MR) is 103 cm³/mol. The minimum Gasteiger partial charge on any atom is -0.459 e. The average Bonchev–Trinajstić information content (AvgIpc) is 2.70. The number of hydrogen-bond donors (Lipinski definition) is 1. The first-order chi connectivity index (χ1) is 14.2. The van der Waals surface area contributed by atoms with Gasteiger partial charge in [0.05, 0.1) is 16.4 Å². The number of nitrogens with two attached hydrogens (primary N) is 1. The third-order valence-corrected chi connectivity index (χ3v) is 4.16. The molecule has 2 rings (SSSR count). The van der Waals surface area contributed by atoms with Gasteiger partial charge in [-0.15, -0.1) is 0 Å². The molecule has 2 N–H and O–H groups in total. The maximum absolute atomic E-state index is 12.7. The Morgan fingerprint density at radius 2 is 1.90 bits per heavy atom. The van der Waals surface area contributed by atoms with Crippen molar-refractivity contribution in [2.75, 3.05) is 13.2 Å². The molecule has 1 aliphatic heterocycles. The van der Waals surface area contributed by atoms with Crippen LogP contribution in [0.1, 0.15) is 25.3 Å². The number of esters is 2. The summed E-state index contributed by atoms with van der Waals surface area (Å²) in [6.45, 7) is 5.99. The topological polar surface area (TPSA) is 155 Å². The van der Waals surface area contributed by atoms with E-state index in [9.17, 15) is 25.0 Å². The first-order valence-corrected chi connectivity index (χ1v) is 8.69. The van der Waals surface area contributed by atoms with Crippen LogP contribution in [-0.2, 0) is 23.8 Å². The second-order valence-electron chi connectivity index (χ2n) is 6.30. The molecule has 10 nitrogen and oxygen atoms in total. The Kier molecular flexibility index (Phi) is 6.93. The third-order valence-electron chi connectivity index (χ3n) is 4.16. The molecule has 1 aliphatic rings. The monoisotopic (exact) mass is 413 g/mol. The first-order valence-electron chi connectivity index (χ1n) is 8.69. The van der Waals surface area contributed by atoms with Gasteiger partial charge in [0.2, 0.25) is 5.88 Å². The maximum atomic E-state index is 12.7. The van der Waals surface area contributed by atoms with Gasteiger partial charge in [-0.2, -0.15) is 5.26 Å². The highest BCUT2D eigenvalue weighted by Gasteiger charge is 2.36. The average molecular weight is 413 g/mol. The summed E-state index contributed by atoms with van der Waals surface area (Å²) < 4.78 is 15.3. The van der Waals surface area contributed by atoms with E-state index in [1.807, 2.05) is 6.07 Å². The van der Waals surface area contributed by atoms with Crippen molar-refractivity contribution in [3.63, 3.8) is 0 Å². The molecular formula is C20H19N3O7. The van der Waals surface area contributed by atoms with Gasteiger partial charge in [-0.1, -0.05) is 18.7 Å². The van der Waals surface area contributed by atoms with Crippen molar-refractivity contribution >= 4 is 17.6 Å². The van der Waals surface area contributed by atoms with Crippen LogP contribution in [0.4, 0.5) is 5.69 Å². The third kappa shape index (κ3) is 4.82. The second kappa shape index (κ2) is 9.38. The Labute approximate surface area is 172 Å². The molecule has 0 amide bonds. The number of non-ortho nitro benzene ring substituents is 1. The summed E-state index contributed by atoms with van der Waals surface area (Å²) in [5, 5.41) is 20.4. The van der Waals surface area contributed by atoms with Gasteiger partial charge < -0.3 is 19.9 Å². The number of nitro benzene ring substituents is 1. The summed E-state index contributed by atoms with van der Waals surface area (Å²) in [5.41, 5.74) is 6.27. The van der Waals surface area contributed by atoms with Gasteiger partial charge in [0, 0.05) is 17.7 Å². The van der Waals surface area contributed by atoms with Gasteiger partial charge in [-0.25, -0.2) is 9.59 Å². The number of carbonyl (C=O) groups is 2. The van der Waals surface area contributed by atoms with Gasteiger partial charge in [0.15, 0.2) is 0 Å². The smallest absolute Gasteiger partial charge is 0.338 e. The standard InChI is InChI=1S/C20H19N3O7/c1-11(2)19(24)28-8-9-29-20(25)16-12(3)30-18(22)15(10-21)17(16)13-4-6-14(7-5-13)23(26)27/h4-7,17H,1,8-9,22H2,2-3H3/t17-/m0/s1. The van der Waals surface area contributed by atoms with Crippen LogP contribution in [0.2, 0.25) is 0 Å². The lowest BCUT2D eigenvalue weighted by atomic mass is 9.83. The number of nitriles is 1. The number of rotatable bonds is 7. The molecule has 1 atom stereocenters. The number of allylic oxidation sites excluding steroid dienone is 2. The SMILES string of the molecule is C=C(C)C(=O)OCCOC(=O)C1=C(C)OC(N)=C(C#N)[C@@H]1c1ccc([N+](=O)[O-])cc1. The highest BCUT2D eigenvalue weighted by Crippen LogP contribution is 2.39. The second-order valence-corrected chi connectivity index (χ2v) is 6.30. The highest BCUT2D eigenvalue weighted by atomic mass is 16.6. The van der Waals surface area contributed by atoms with Crippen LogP contribution in [0.25, 0.3) is 0 Å². The number of ether oxygens (including phenoxy) is 3. The van der Waals surface area contributed by atoms with Crippen LogP contribution in [0.15, 0.2) is 59.2 Å². The summed E-state index contributed by atoms with van der Waals surface area (Å²) in [5.74, 6) is -2.41. The Balaban J connectivity index is 2.28. The van der Waals surface area contributed by atoms with E-state index in [2.05, 4.69) is 6.58 Å². The summed E-state index contributed by atoms with van der Waals surface area (Å²) in [7, 11) is 0. The molecule has 1 aromatic rings. The largest absolute Gasteiger partial charge is 0.459 e. The van der Waals surface area contributed by atoms with Crippen molar-refractivity contribution in [1.82, 2.24) is 0 Å². The molecule has 1 heterocycles. The van der Waals surface area contributed by atoms with Gasteiger partial charge in [0.25, 0.3) is 5.69 Å². The fraction of sp³-hybridized carbons (Fsp3) is 0.250. The molecular weight excluding hydrogens is 394 g/mol. The summed E-state index contributed by atoms with van der Waals surface area (Å²) in [4.78, 5) is 34.4. The molecule has 0 radical (unpaired) electrons. The zero-order valence-electron chi connectivity index (χ0n) is 16.3. The predicted octanol–water partition coefficient (Wildman–Crippen LogP) is 2.34. The minimum atomic E-state index is -0.935. The number of nitro groups is 1. The summed E-state index contributed by atoms with van der Waals surface area (Å²) >= 11 is 0. The van der Waals surface area contributed by atoms with Gasteiger partial charge >= 0.3 is 11.9 Å². The van der Waals surface area contributed by atoms with Crippen LogP contribution in [-0.4, -0.2) is 30.1 Å². The number of hydrogen-bond acceptors (Lipinski definition) is 9. The van der Waals surface area contributed by atoms with Crippen LogP contribution in [0.3, 0.4) is 0 Å². The molecule has 0 aliphatic carbocycles. The fourth-order valence-electron chi connectivity index (χ4n) is 2.74. The quantitative estimate of drug-likeness (QED) is 0.233. The van der Waals surface area contributed by atoms with Crippen molar-refractivity contribution in [2.45, 2.75) is 19.8 Å². The molecule has 0 fully saturated rings. The van der Waals surface area contributed by atoms with Crippen LogP contribution in [0, 0.1) is 21.4 Å². The van der Waals surface area contributed by atoms with Gasteiger partial charge in [-0.3, -0.25) is 10.1 Å². The zero-order chi connectivity index (χ0) is 22.4. The lowest BCUT2D eigenvalue weighted by Gasteiger charge is -2.26. The zero-order valence-corrected chi connectivity index (χ0v) is 16.3. The Morgan fingerprint density at radius 1 is 1.30 bits per heavy atom. The number of nitrogens with zero attached hydrogens (tertiary/aromatic N) is 2. The van der Waals surface area contributed by atoms with E-state index >= 15 is 0 Å². The highest BCUT2D eigenvalue weighted by molar-refractivity contribution is 5.92. The normalized spacial score (nSPS) is 15.7. The summed E-state index contributed by atoms with van der Waals surface area (Å²) in [6, 6.07) is 7.27. The molecule has 30 heavy (non-hydrogen) atoms. The lowest BCUT2D eigenvalue weighted by Crippen LogP contribution is -2.26. The van der Waals surface area contributed by atoms with E-state index in [1.54, 1.807) is 0 Å². The van der Waals surface area contributed by atoms with Crippen LogP contribution in [0.5, 0.6) is 0 Å². The number of benzene rings is 1.